The number of amides is 1. The SMILES string of the molecule is COc1ccc(Nc2ncnc3c2cnn3C)cc1N1CCCC1=O. The smallest absolute Gasteiger partial charge is 0.227 e. The molecule has 1 aromatic carbocycles. The number of methoxy groups -OCH3 is 1. The van der Waals surface area contributed by atoms with Crippen LogP contribution in [0.3, 0.4) is 0 Å². The number of nitrogens with zero attached hydrogens (tertiary/aromatic N) is 5. The molecule has 3 aromatic rings. The highest BCUT2D eigenvalue weighted by Crippen LogP contribution is 2.35. The van der Waals surface area contributed by atoms with Crippen LogP contribution >= 0.6 is 0 Å². The zero-order valence-corrected chi connectivity index (χ0v) is 14.1. The lowest BCUT2D eigenvalue weighted by Crippen LogP contribution is -2.24. The third-order valence-electron chi connectivity index (χ3n) is 4.34. The van der Waals surface area contributed by atoms with Crippen LogP contribution in [0.4, 0.5) is 17.2 Å². The summed E-state index contributed by atoms with van der Waals surface area (Å²) >= 11 is 0. The number of anilines is 3. The first-order valence-corrected chi connectivity index (χ1v) is 8.05. The molecule has 4 rings (SSSR count). The summed E-state index contributed by atoms with van der Waals surface area (Å²) in [7, 11) is 3.44. The van der Waals surface area contributed by atoms with E-state index >= 15 is 0 Å². The third kappa shape index (κ3) is 2.65. The minimum Gasteiger partial charge on any atom is -0.495 e. The second-order valence-electron chi connectivity index (χ2n) is 5.89. The largest absolute Gasteiger partial charge is 0.495 e. The molecule has 3 heterocycles. The van der Waals surface area contributed by atoms with Gasteiger partial charge in [-0.15, -0.1) is 0 Å². The van der Waals surface area contributed by atoms with E-state index in [-0.39, 0.29) is 5.91 Å². The average molecular weight is 338 g/mol. The molecule has 0 unspecified atom stereocenters. The molecular weight excluding hydrogens is 320 g/mol. The van der Waals surface area contributed by atoms with Crippen LogP contribution in [-0.2, 0) is 11.8 Å². The van der Waals surface area contributed by atoms with Gasteiger partial charge < -0.3 is 15.0 Å². The summed E-state index contributed by atoms with van der Waals surface area (Å²) < 4.78 is 7.12. The van der Waals surface area contributed by atoms with Crippen LogP contribution in [0.15, 0.2) is 30.7 Å². The van der Waals surface area contributed by atoms with Gasteiger partial charge in [-0.05, 0) is 24.6 Å². The zero-order valence-electron chi connectivity index (χ0n) is 14.1. The summed E-state index contributed by atoms with van der Waals surface area (Å²) in [4.78, 5) is 22.4. The number of fused-ring (bicyclic) bond motifs is 1. The maximum absolute atomic E-state index is 12.1. The van der Waals surface area contributed by atoms with Gasteiger partial charge in [0.05, 0.1) is 24.4 Å². The highest BCUT2D eigenvalue weighted by Gasteiger charge is 2.24. The number of aryl methyl sites for hydroxylation is 1. The van der Waals surface area contributed by atoms with E-state index in [0.29, 0.717) is 24.5 Å². The van der Waals surface area contributed by atoms with E-state index in [9.17, 15) is 4.79 Å². The van der Waals surface area contributed by atoms with Crippen molar-refractivity contribution in [3.63, 3.8) is 0 Å². The van der Waals surface area contributed by atoms with Gasteiger partial charge in [-0.2, -0.15) is 5.10 Å². The summed E-state index contributed by atoms with van der Waals surface area (Å²) in [5, 5.41) is 8.34. The fourth-order valence-corrected chi connectivity index (χ4v) is 3.08. The number of benzene rings is 1. The first kappa shape index (κ1) is 15.4. The molecule has 0 bridgehead atoms. The predicted octanol–water partition coefficient (Wildman–Crippen LogP) is 2.24. The molecule has 0 saturated carbocycles. The molecule has 8 heteroatoms. The lowest BCUT2D eigenvalue weighted by Gasteiger charge is -2.20. The van der Waals surface area contributed by atoms with E-state index in [1.807, 2.05) is 25.2 Å². The lowest BCUT2D eigenvalue weighted by atomic mass is 10.2. The maximum atomic E-state index is 12.1. The van der Waals surface area contributed by atoms with Crippen LogP contribution in [0.25, 0.3) is 11.0 Å². The highest BCUT2D eigenvalue weighted by molar-refractivity contribution is 5.97. The quantitative estimate of drug-likeness (QED) is 0.785. The molecule has 1 N–H and O–H groups in total. The number of nitrogens with one attached hydrogen (secondary N) is 1. The normalized spacial score (nSPS) is 14.3. The molecule has 1 fully saturated rings. The topological polar surface area (TPSA) is 85.2 Å². The van der Waals surface area contributed by atoms with Gasteiger partial charge in [-0.3, -0.25) is 9.48 Å². The summed E-state index contributed by atoms with van der Waals surface area (Å²) in [6.45, 7) is 0.707. The van der Waals surface area contributed by atoms with E-state index < -0.39 is 0 Å². The first-order valence-electron chi connectivity index (χ1n) is 8.05. The molecule has 2 aromatic heterocycles. The lowest BCUT2D eigenvalue weighted by molar-refractivity contribution is -0.117. The number of hydrogen-bond acceptors (Lipinski definition) is 6. The van der Waals surface area contributed by atoms with Gasteiger partial charge in [-0.1, -0.05) is 0 Å². The molecule has 128 valence electrons. The molecule has 0 aliphatic carbocycles. The molecule has 1 aliphatic rings. The molecule has 1 amide bonds. The molecule has 8 nitrogen and oxygen atoms in total. The highest BCUT2D eigenvalue weighted by atomic mass is 16.5. The number of carbonyl (C=O) groups is 1. The summed E-state index contributed by atoms with van der Waals surface area (Å²) in [5.41, 5.74) is 2.34. The summed E-state index contributed by atoms with van der Waals surface area (Å²) in [6.07, 6.45) is 4.66. The van der Waals surface area contributed by atoms with Crippen molar-refractivity contribution >= 4 is 34.1 Å². The van der Waals surface area contributed by atoms with Gasteiger partial charge >= 0.3 is 0 Å². The van der Waals surface area contributed by atoms with E-state index in [4.69, 9.17) is 4.74 Å². The van der Waals surface area contributed by atoms with Crippen molar-refractivity contribution in [2.75, 3.05) is 23.9 Å². The Balaban J connectivity index is 1.72. The van der Waals surface area contributed by atoms with Gasteiger partial charge in [0.1, 0.15) is 17.9 Å². The number of ether oxygens (including phenoxy) is 1. The number of carbonyl (C=O) groups excluding carboxylic acids is 1. The van der Waals surface area contributed by atoms with Gasteiger partial charge in [0, 0.05) is 25.7 Å². The van der Waals surface area contributed by atoms with Crippen molar-refractivity contribution in [3.05, 3.63) is 30.7 Å². The molecule has 0 radical (unpaired) electrons. The second kappa shape index (κ2) is 6.04. The summed E-state index contributed by atoms with van der Waals surface area (Å²) in [6, 6.07) is 5.66. The second-order valence-corrected chi connectivity index (χ2v) is 5.89. The monoisotopic (exact) mass is 338 g/mol. The molecule has 25 heavy (non-hydrogen) atoms. The Labute approximate surface area is 144 Å². The zero-order chi connectivity index (χ0) is 17.4. The minimum absolute atomic E-state index is 0.118. The minimum atomic E-state index is 0.118. The Kier molecular flexibility index (Phi) is 3.72. The van der Waals surface area contributed by atoms with E-state index in [1.165, 1.54) is 6.33 Å². The van der Waals surface area contributed by atoms with Crippen LogP contribution in [0.1, 0.15) is 12.8 Å². The molecule has 1 aliphatic heterocycles. The van der Waals surface area contributed by atoms with E-state index in [1.54, 1.807) is 22.9 Å². The molecule has 1 saturated heterocycles. The Morgan fingerprint density at radius 1 is 1.28 bits per heavy atom. The van der Waals surface area contributed by atoms with Crippen LogP contribution in [0.2, 0.25) is 0 Å². The van der Waals surface area contributed by atoms with E-state index in [2.05, 4.69) is 20.4 Å². The van der Waals surface area contributed by atoms with Crippen molar-refractivity contribution in [1.29, 1.82) is 0 Å². The standard InChI is InChI=1S/C17H18N6O2/c1-22-17-12(9-20-22)16(18-10-19-17)21-11-5-6-14(25-2)13(8-11)23-7-3-4-15(23)24/h5-6,8-10H,3-4,7H2,1-2H3,(H,18,19,21). The van der Waals surface area contributed by atoms with Crippen molar-refractivity contribution in [2.45, 2.75) is 12.8 Å². The van der Waals surface area contributed by atoms with Gasteiger partial charge in [0.25, 0.3) is 0 Å². The molecule has 0 atom stereocenters. The van der Waals surface area contributed by atoms with Crippen molar-refractivity contribution in [1.82, 2.24) is 19.7 Å². The Bertz CT molecular complexity index is 951. The number of rotatable bonds is 4. The van der Waals surface area contributed by atoms with Crippen molar-refractivity contribution in [2.24, 2.45) is 7.05 Å². The average Bonchev–Trinajstić information content (AvgIpc) is 3.22. The molecular formula is C17H18N6O2. The molecule has 0 spiro atoms. The fourth-order valence-electron chi connectivity index (χ4n) is 3.08. The van der Waals surface area contributed by atoms with Gasteiger partial charge in [0.15, 0.2) is 5.65 Å². The van der Waals surface area contributed by atoms with E-state index in [0.717, 1.165) is 28.8 Å². The van der Waals surface area contributed by atoms with Crippen LogP contribution in [-0.4, -0.2) is 39.3 Å². The van der Waals surface area contributed by atoms with Crippen LogP contribution < -0.4 is 15.0 Å². The fraction of sp³-hybridized carbons (Fsp3) is 0.294. The van der Waals surface area contributed by atoms with Gasteiger partial charge in [0.2, 0.25) is 5.91 Å². The summed E-state index contributed by atoms with van der Waals surface area (Å²) in [5.74, 6) is 1.46. The number of aromatic nitrogens is 4. The van der Waals surface area contributed by atoms with Crippen molar-refractivity contribution < 1.29 is 9.53 Å². The van der Waals surface area contributed by atoms with Crippen LogP contribution in [0.5, 0.6) is 5.75 Å². The number of hydrogen-bond donors (Lipinski definition) is 1. The third-order valence-corrected chi connectivity index (χ3v) is 4.34. The Morgan fingerprint density at radius 3 is 2.92 bits per heavy atom. The first-order chi connectivity index (χ1) is 12.2. The van der Waals surface area contributed by atoms with Gasteiger partial charge in [-0.25, -0.2) is 9.97 Å². The van der Waals surface area contributed by atoms with Crippen molar-refractivity contribution in [3.8, 4) is 5.75 Å². The maximum Gasteiger partial charge on any atom is 0.227 e. The predicted molar refractivity (Wildman–Crippen MR) is 94.2 cm³/mol. The Morgan fingerprint density at radius 2 is 2.16 bits per heavy atom. The Hall–Kier alpha value is -3.16. The van der Waals surface area contributed by atoms with Crippen LogP contribution in [0, 0.1) is 0 Å².